The summed E-state index contributed by atoms with van der Waals surface area (Å²) >= 11 is 0. The Morgan fingerprint density at radius 3 is 2.50 bits per heavy atom. The highest BCUT2D eigenvalue weighted by Crippen LogP contribution is 2.21. The van der Waals surface area contributed by atoms with Crippen LogP contribution in [-0.2, 0) is 9.53 Å². The van der Waals surface area contributed by atoms with E-state index in [1.165, 1.54) is 12.8 Å². The maximum absolute atomic E-state index is 11.5. The lowest BCUT2D eigenvalue weighted by Gasteiger charge is -2.16. The smallest absolute Gasteiger partial charge is 0.323 e. The SMILES string of the molecule is CC(C)CC(N)C(=O)OC1CCCC1. The van der Waals surface area contributed by atoms with Gasteiger partial charge in [-0.1, -0.05) is 13.8 Å². The minimum absolute atomic E-state index is 0.140. The van der Waals surface area contributed by atoms with Gasteiger partial charge >= 0.3 is 5.97 Å². The zero-order valence-corrected chi connectivity index (χ0v) is 9.16. The monoisotopic (exact) mass is 199 g/mol. The molecule has 0 radical (unpaired) electrons. The van der Waals surface area contributed by atoms with Crippen molar-refractivity contribution in [2.75, 3.05) is 0 Å². The summed E-state index contributed by atoms with van der Waals surface area (Å²) < 4.78 is 5.31. The van der Waals surface area contributed by atoms with Crippen LogP contribution in [-0.4, -0.2) is 18.1 Å². The first kappa shape index (κ1) is 11.5. The van der Waals surface area contributed by atoms with Gasteiger partial charge in [0.1, 0.15) is 12.1 Å². The molecule has 0 bridgehead atoms. The number of ether oxygens (including phenoxy) is 1. The molecule has 0 aromatic heterocycles. The molecule has 82 valence electrons. The Hall–Kier alpha value is -0.570. The molecule has 0 saturated heterocycles. The second-order valence-corrected chi connectivity index (χ2v) is 4.58. The Bertz CT molecular complexity index is 186. The lowest BCUT2D eigenvalue weighted by Crippen LogP contribution is -2.35. The van der Waals surface area contributed by atoms with Crippen molar-refractivity contribution in [3.05, 3.63) is 0 Å². The fourth-order valence-electron chi connectivity index (χ4n) is 1.86. The zero-order chi connectivity index (χ0) is 10.6. The lowest BCUT2D eigenvalue weighted by molar-refractivity contribution is -0.150. The summed E-state index contributed by atoms with van der Waals surface area (Å²) in [6.07, 6.45) is 5.24. The van der Waals surface area contributed by atoms with Crippen molar-refractivity contribution >= 4 is 5.97 Å². The summed E-state index contributed by atoms with van der Waals surface area (Å²) in [7, 11) is 0. The maximum Gasteiger partial charge on any atom is 0.323 e. The van der Waals surface area contributed by atoms with Crippen LogP contribution in [0.15, 0.2) is 0 Å². The van der Waals surface area contributed by atoms with Crippen molar-refractivity contribution in [2.24, 2.45) is 11.7 Å². The molecular weight excluding hydrogens is 178 g/mol. The van der Waals surface area contributed by atoms with E-state index in [0.29, 0.717) is 12.3 Å². The molecule has 1 aliphatic carbocycles. The van der Waals surface area contributed by atoms with E-state index in [0.717, 1.165) is 12.8 Å². The average molecular weight is 199 g/mol. The molecule has 1 unspecified atom stereocenters. The van der Waals surface area contributed by atoms with Gasteiger partial charge in [0.2, 0.25) is 0 Å². The molecule has 0 amide bonds. The first-order chi connectivity index (χ1) is 6.59. The number of hydrogen-bond donors (Lipinski definition) is 1. The van der Waals surface area contributed by atoms with E-state index in [-0.39, 0.29) is 12.1 Å². The fourth-order valence-corrected chi connectivity index (χ4v) is 1.86. The van der Waals surface area contributed by atoms with Crippen LogP contribution in [0.25, 0.3) is 0 Å². The molecular formula is C11H21NO2. The fraction of sp³-hybridized carbons (Fsp3) is 0.909. The van der Waals surface area contributed by atoms with Crippen molar-refractivity contribution < 1.29 is 9.53 Å². The van der Waals surface area contributed by atoms with Gasteiger partial charge in [-0.15, -0.1) is 0 Å². The first-order valence-corrected chi connectivity index (χ1v) is 5.55. The summed E-state index contributed by atoms with van der Waals surface area (Å²) in [4.78, 5) is 11.5. The third-order valence-corrected chi connectivity index (χ3v) is 2.61. The van der Waals surface area contributed by atoms with Crippen molar-refractivity contribution in [1.29, 1.82) is 0 Å². The second kappa shape index (κ2) is 5.35. The van der Waals surface area contributed by atoms with Crippen molar-refractivity contribution in [3.8, 4) is 0 Å². The predicted octanol–water partition coefficient (Wildman–Crippen LogP) is 1.85. The molecule has 1 atom stereocenters. The largest absolute Gasteiger partial charge is 0.461 e. The molecule has 1 rings (SSSR count). The van der Waals surface area contributed by atoms with Gasteiger partial charge in [-0.2, -0.15) is 0 Å². The summed E-state index contributed by atoms with van der Waals surface area (Å²) in [5.74, 6) is 0.228. The van der Waals surface area contributed by atoms with E-state index in [1.807, 2.05) is 0 Å². The minimum Gasteiger partial charge on any atom is -0.461 e. The Kier molecular flexibility index (Phi) is 4.39. The molecule has 3 heteroatoms. The van der Waals surface area contributed by atoms with E-state index >= 15 is 0 Å². The summed E-state index contributed by atoms with van der Waals surface area (Å²) in [5, 5.41) is 0. The number of esters is 1. The van der Waals surface area contributed by atoms with Gasteiger partial charge in [0, 0.05) is 0 Å². The van der Waals surface area contributed by atoms with Crippen molar-refractivity contribution in [3.63, 3.8) is 0 Å². The third-order valence-electron chi connectivity index (χ3n) is 2.61. The number of nitrogens with two attached hydrogens (primary N) is 1. The highest BCUT2D eigenvalue weighted by Gasteiger charge is 2.23. The normalized spacial score (nSPS) is 20.0. The molecule has 0 heterocycles. The van der Waals surface area contributed by atoms with E-state index in [2.05, 4.69) is 13.8 Å². The van der Waals surface area contributed by atoms with Gasteiger partial charge in [0.25, 0.3) is 0 Å². The van der Waals surface area contributed by atoms with E-state index < -0.39 is 6.04 Å². The lowest BCUT2D eigenvalue weighted by atomic mass is 10.0. The standard InChI is InChI=1S/C11H21NO2/c1-8(2)7-10(12)11(13)14-9-5-3-4-6-9/h8-10H,3-7,12H2,1-2H3. The summed E-state index contributed by atoms with van der Waals surface area (Å²) in [6, 6.07) is -0.435. The highest BCUT2D eigenvalue weighted by atomic mass is 16.5. The first-order valence-electron chi connectivity index (χ1n) is 5.55. The van der Waals surface area contributed by atoms with Gasteiger partial charge < -0.3 is 10.5 Å². The minimum atomic E-state index is -0.435. The highest BCUT2D eigenvalue weighted by molar-refractivity contribution is 5.75. The van der Waals surface area contributed by atoms with Crippen molar-refractivity contribution in [2.45, 2.75) is 58.1 Å². The van der Waals surface area contributed by atoms with Crippen LogP contribution in [0.5, 0.6) is 0 Å². The van der Waals surface area contributed by atoms with E-state index in [9.17, 15) is 4.79 Å². The molecule has 1 fully saturated rings. The number of carbonyl (C=O) groups excluding carboxylic acids is 1. The summed E-state index contributed by atoms with van der Waals surface area (Å²) in [6.45, 7) is 4.12. The van der Waals surface area contributed by atoms with Crippen LogP contribution in [0.3, 0.4) is 0 Å². The van der Waals surface area contributed by atoms with Crippen molar-refractivity contribution in [1.82, 2.24) is 0 Å². The van der Waals surface area contributed by atoms with Crippen LogP contribution >= 0.6 is 0 Å². The molecule has 0 aromatic carbocycles. The third kappa shape index (κ3) is 3.66. The van der Waals surface area contributed by atoms with Gasteiger partial charge in [-0.3, -0.25) is 4.79 Å². The molecule has 0 spiro atoms. The Labute approximate surface area is 86.0 Å². The topological polar surface area (TPSA) is 52.3 Å². The van der Waals surface area contributed by atoms with E-state index in [4.69, 9.17) is 10.5 Å². The van der Waals surface area contributed by atoms with Crippen LogP contribution < -0.4 is 5.73 Å². The average Bonchev–Trinajstić information content (AvgIpc) is 2.55. The molecule has 14 heavy (non-hydrogen) atoms. The second-order valence-electron chi connectivity index (χ2n) is 4.58. The molecule has 1 aliphatic rings. The maximum atomic E-state index is 11.5. The van der Waals surface area contributed by atoms with Gasteiger partial charge in [0.15, 0.2) is 0 Å². The molecule has 3 nitrogen and oxygen atoms in total. The van der Waals surface area contributed by atoms with Crippen LogP contribution in [0.4, 0.5) is 0 Å². The summed E-state index contributed by atoms with van der Waals surface area (Å²) in [5.41, 5.74) is 5.72. The zero-order valence-electron chi connectivity index (χ0n) is 9.16. The van der Waals surface area contributed by atoms with Gasteiger partial charge in [0.05, 0.1) is 0 Å². The Morgan fingerprint density at radius 2 is 2.00 bits per heavy atom. The van der Waals surface area contributed by atoms with Crippen LogP contribution in [0, 0.1) is 5.92 Å². The quantitative estimate of drug-likeness (QED) is 0.703. The number of carbonyl (C=O) groups is 1. The molecule has 1 saturated carbocycles. The van der Waals surface area contributed by atoms with E-state index in [1.54, 1.807) is 0 Å². The molecule has 2 N–H and O–H groups in total. The van der Waals surface area contributed by atoms with Gasteiger partial charge in [-0.05, 0) is 38.0 Å². The Morgan fingerprint density at radius 1 is 1.43 bits per heavy atom. The number of rotatable bonds is 4. The van der Waals surface area contributed by atoms with Crippen LogP contribution in [0.1, 0.15) is 46.0 Å². The van der Waals surface area contributed by atoms with Crippen LogP contribution in [0.2, 0.25) is 0 Å². The number of hydrogen-bond acceptors (Lipinski definition) is 3. The van der Waals surface area contributed by atoms with Gasteiger partial charge in [-0.25, -0.2) is 0 Å². The molecule has 0 aliphatic heterocycles. The molecule has 0 aromatic rings. The predicted molar refractivity (Wildman–Crippen MR) is 55.8 cm³/mol. The Balaban J connectivity index is 2.25.